The molecule has 0 spiro atoms. The zero-order valence-corrected chi connectivity index (χ0v) is 18.0. The number of carboxylic acid groups (broad SMARTS) is 1. The number of likely N-dealkylation sites (tertiary alicyclic amines) is 1. The summed E-state index contributed by atoms with van der Waals surface area (Å²) < 4.78 is 0. The van der Waals surface area contributed by atoms with Crippen molar-refractivity contribution in [2.24, 2.45) is 0 Å². The van der Waals surface area contributed by atoms with Gasteiger partial charge in [0.05, 0.1) is 21.5 Å². The maximum Gasteiger partial charge on any atom is 0.325 e. The van der Waals surface area contributed by atoms with Gasteiger partial charge in [0, 0.05) is 24.2 Å². The summed E-state index contributed by atoms with van der Waals surface area (Å²) in [5, 5.41) is 32.8. The van der Waals surface area contributed by atoms with Crippen LogP contribution in [0, 0.1) is 10.1 Å². The Labute approximate surface area is 192 Å². The number of aromatic hydroxyl groups is 1. The van der Waals surface area contributed by atoms with Gasteiger partial charge >= 0.3 is 5.97 Å². The van der Waals surface area contributed by atoms with Crippen LogP contribution in [0.1, 0.15) is 30.1 Å². The van der Waals surface area contributed by atoms with Crippen molar-refractivity contribution in [1.29, 1.82) is 0 Å². The van der Waals surface area contributed by atoms with Crippen LogP contribution in [0.4, 0.5) is 5.69 Å². The Balaban J connectivity index is 1.62. The van der Waals surface area contributed by atoms with Crippen LogP contribution in [-0.4, -0.2) is 66.4 Å². The number of benzene rings is 2. The van der Waals surface area contributed by atoms with Crippen molar-refractivity contribution in [3.8, 4) is 17.1 Å². The first kappa shape index (κ1) is 22.7. The number of rotatable bonds is 6. The fraction of sp³-hybridized carbons (Fsp3) is 0.273. The molecule has 4 N–H and O–H groups in total. The third-order valence-electron chi connectivity index (χ3n) is 5.72. The molecule has 1 fully saturated rings. The third kappa shape index (κ3) is 4.25. The van der Waals surface area contributed by atoms with Gasteiger partial charge in [-0.2, -0.15) is 0 Å². The van der Waals surface area contributed by atoms with Crippen LogP contribution >= 0.6 is 0 Å². The van der Waals surface area contributed by atoms with E-state index in [1.165, 1.54) is 42.2 Å². The molecule has 0 radical (unpaired) electrons. The number of aromatic amines is 1. The van der Waals surface area contributed by atoms with Crippen LogP contribution < -0.4 is 5.32 Å². The largest absolute Gasteiger partial charge is 0.507 e. The number of nitro groups is 1. The molecule has 4 rings (SSSR count). The minimum Gasteiger partial charge on any atom is -0.507 e. The van der Waals surface area contributed by atoms with Gasteiger partial charge in [-0.1, -0.05) is 0 Å². The minimum atomic E-state index is -1.19. The SMILES string of the molecule is C[C@H](NC(=O)[C@@H]1CCCN1C(=O)c1cc(-c2nc3ccc([N+](=O)[O-])cc3[nH]2)ccc1O)C(=O)O. The van der Waals surface area contributed by atoms with Crippen LogP contribution in [0.2, 0.25) is 0 Å². The molecule has 176 valence electrons. The first-order valence-corrected chi connectivity index (χ1v) is 10.5. The highest BCUT2D eigenvalue weighted by atomic mass is 16.6. The first-order valence-electron chi connectivity index (χ1n) is 10.5. The number of H-pyrrole nitrogens is 1. The number of aromatic nitrogens is 2. The zero-order valence-electron chi connectivity index (χ0n) is 18.0. The smallest absolute Gasteiger partial charge is 0.325 e. The second-order valence-corrected chi connectivity index (χ2v) is 8.00. The highest BCUT2D eigenvalue weighted by molar-refractivity contribution is 6.01. The van der Waals surface area contributed by atoms with Crippen molar-refractivity contribution in [3.05, 3.63) is 52.1 Å². The molecule has 34 heavy (non-hydrogen) atoms. The van der Waals surface area contributed by atoms with E-state index in [2.05, 4.69) is 15.3 Å². The molecule has 1 aromatic heterocycles. The van der Waals surface area contributed by atoms with Gasteiger partial charge in [-0.05, 0) is 44.0 Å². The lowest BCUT2D eigenvalue weighted by atomic mass is 10.1. The number of nitro benzene ring substituents is 1. The molecule has 0 saturated carbocycles. The number of nitrogens with zero attached hydrogens (tertiary/aromatic N) is 3. The highest BCUT2D eigenvalue weighted by Crippen LogP contribution is 2.30. The molecule has 0 aliphatic carbocycles. The summed E-state index contributed by atoms with van der Waals surface area (Å²) in [4.78, 5) is 56.0. The second kappa shape index (κ2) is 8.81. The number of aliphatic carboxylic acids is 1. The van der Waals surface area contributed by atoms with Crippen LogP contribution in [0.15, 0.2) is 36.4 Å². The number of imidazole rings is 1. The van der Waals surface area contributed by atoms with Gasteiger partial charge in [-0.15, -0.1) is 0 Å². The van der Waals surface area contributed by atoms with E-state index in [9.17, 15) is 29.6 Å². The number of non-ortho nitro benzene ring substituents is 1. The molecular weight excluding hydrogens is 446 g/mol. The average Bonchev–Trinajstić information content (AvgIpc) is 3.45. The molecule has 0 unspecified atom stereocenters. The van der Waals surface area contributed by atoms with E-state index in [1.807, 2.05) is 0 Å². The maximum absolute atomic E-state index is 13.2. The van der Waals surface area contributed by atoms with Crippen molar-refractivity contribution in [2.45, 2.75) is 31.8 Å². The van der Waals surface area contributed by atoms with Gasteiger partial charge in [-0.25, -0.2) is 4.98 Å². The molecule has 0 bridgehead atoms. The van der Waals surface area contributed by atoms with Crippen LogP contribution in [-0.2, 0) is 9.59 Å². The van der Waals surface area contributed by atoms with E-state index in [0.29, 0.717) is 35.3 Å². The number of carboxylic acids is 1. The molecule has 12 nitrogen and oxygen atoms in total. The lowest BCUT2D eigenvalue weighted by Gasteiger charge is -2.25. The van der Waals surface area contributed by atoms with E-state index >= 15 is 0 Å². The van der Waals surface area contributed by atoms with Crippen LogP contribution in [0.5, 0.6) is 5.75 Å². The molecule has 1 aliphatic rings. The number of phenols is 1. The van der Waals surface area contributed by atoms with E-state index in [1.54, 1.807) is 6.07 Å². The molecule has 3 aromatic rings. The Kier molecular flexibility index (Phi) is 5.88. The average molecular weight is 467 g/mol. The number of phenolic OH excluding ortho intramolecular Hbond substituents is 1. The Morgan fingerprint density at radius 2 is 2.03 bits per heavy atom. The quantitative estimate of drug-likeness (QED) is 0.314. The van der Waals surface area contributed by atoms with Gasteiger partial charge in [0.1, 0.15) is 23.7 Å². The Morgan fingerprint density at radius 3 is 2.74 bits per heavy atom. The summed E-state index contributed by atoms with van der Waals surface area (Å²) in [5.41, 5.74) is 1.24. The van der Waals surface area contributed by atoms with Crippen molar-refractivity contribution in [1.82, 2.24) is 20.2 Å². The summed E-state index contributed by atoms with van der Waals surface area (Å²) in [6.07, 6.45) is 0.917. The van der Waals surface area contributed by atoms with Crippen molar-refractivity contribution < 1.29 is 29.5 Å². The molecule has 1 saturated heterocycles. The van der Waals surface area contributed by atoms with Crippen molar-refractivity contribution >= 4 is 34.5 Å². The Bertz CT molecular complexity index is 1320. The van der Waals surface area contributed by atoms with Crippen molar-refractivity contribution in [3.63, 3.8) is 0 Å². The number of carbonyl (C=O) groups excluding carboxylic acids is 2. The monoisotopic (exact) mass is 467 g/mol. The predicted molar refractivity (Wildman–Crippen MR) is 119 cm³/mol. The van der Waals surface area contributed by atoms with E-state index in [-0.39, 0.29) is 23.5 Å². The van der Waals surface area contributed by atoms with E-state index < -0.39 is 34.8 Å². The second-order valence-electron chi connectivity index (χ2n) is 8.00. The normalized spacial score (nSPS) is 16.4. The minimum absolute atomic E-state index is 0.0464. The van der Waals surface area contributed by atoms with E-state index in [0.717, 1.165) is 0 Å². The summed E-state index contributed by atoms with van der Waals surface area (Å²) >= 11 is 0. The topological polar surface area (TPSA) is 179 Å². The maximum atomic E-state index is 13.2. The Hall–Kier alpha value is -4.48. The fourth-order valence-electron chi connectivity index (χ4n) is 3.91. The van der Waals surface area contributed by atoms with Gasteiger partial charge in [-0.3, -0.25) is 24.5 Å². The number of carbonyl (C=O) groups is 3. The number of amides is 2. The molecule has 1 aliphatic heterocycles. The first-order chi connectivity index (χ1) is 16.2. The molecule has 2 atom stereocenters. The summed E-state index contributed by atoms with van der Waals surface area (Å²) in [6.45, 7) is 1.61. The molecular formula is C22H21N5O7. The lowest BCUT2D eigenvalue weighted by Crippen LogP contribution is -2.50. The number of hydrogen-bond acceptors (Lipinski definition) is 7. The van der Waals surface area contributed by atoms with Gasteiger partial charge in [0.25, 0.3) is 11.6 Å². The molecule has 2 amide bonds. The molecule has 12 heteroatoms. The Morgan fingerprint density at radius 1 is 1.26 bits per heavy atom. The van der Waals surface area contributed by atoms with Gasteiger partial charge in [0.2, 0.25) is 5.91 Å². The number of nitrogens with one attached hydrogen (secondary N) is 2. The summed E-state index contributed by atoms with van der Waals surface area (Å²) in [5.74, 6) is -2.28. The molecule has 2 aromatic carbocycles. The summed E-state index contributed by atoms with van der Waals surface area (Å²) in [6, 6.07) is 6.53. The standard InChI is InChI=1S/C22H21N5O7/c1-11(22(31)32)23-20(29)17-3-2-8-26(17)21(30)14-9-12(4-7-18(14)28)19-24-15-6-5-13(27(33)34)10-16(15)25-19/h4-7,9-11,17,28H,2-3,8H2,1H3,(H,23,29)(H,24,25)(H,31,32)/t11-,17-/m0/s1. The van der Waals surface area contributed by atoms with Gasteiger partial charge < -0.3 is 25.4 Å². The highest BCUT2D eigenvalue weighted by Gasteiger charge is 2.36. The van der Waals surface area contributed by atoms with Gasteiger partial charge in [0.15, 0.2) is 0 Å². The number of hydrogen-bond donors (Lipinski definition) is 4. The summed E-state index contributed by atoms with van der Waals surface area (Å²) in [7, 11) is 0. The third-order valence-corrected chi connectivity index (χ3v) is 5.72. The number of fused-ring (bicyclic) bond motifs is 1. The predicted octanol–water partition coefficient (Wildman–Crippen LogP) is 2.04. The zero-order chi connectivity index (χ0) is 24.6. The molecule has 2 heterocycles. The van der Waals surface area contributed by atoms with Crippen LogP contribution in [0.25, 0.3) is 22.4 Å². The van der Waals surface area contributed by atoms with Crippen LogP contribution in [0.3, 0.4) is 0 Å². The van der Waals surface area contributed by atoms with Crippen molar-refractivity contribution in [2.75, 3.05) is 6.54 Å². The lowest BCUT2D eigenvalue weighted by molar-refractivity contribution is -0.384. The fourth-order valence-corrected chi connectivity index (χ4v) is 3.91. The van der Waals surface area contributed by atoms with E-state index in [4.69, 9.17) is 5.11 Å².